The average molecular weight is 430 g/mol. The second kappa shape index (κ2) is 9.41. The number of methoxy groups -OCH3 is 2. The van der Waals surface area contributed by atoms with E-state index < -0.39 is 6.04 Å². The molecule has 0 saturated carbocycles. The lowest BCUT2D eigenvalue weighted by molar-refractivity contribution is -0.123. The number of rotatable bonds is 6. The van der Waals surface area contributed by atoms with E-state index in [1.807, 2.05) is 42.6 Å². The first-order valence-corrected chi connectivity index (χ1v) is 9.93. The molecule has 0 radical (unpaired) electrons. The summed E-state index contributed by atoms with van der Waals surface area (Å²) in [5.74, 6) is 1.35. The van der Waals surface area contributed by atoms with Gasteiger partial charge in [-0.25, -0.2) is 0 Å². The maximum Gasteiger partial charge on any atom is 0.237 e. The molecule has 0 aliphatic heterocycles. The molecule has 0 saturated heterocycles. The Morgan fingerprint density at radius 3 is 2.63 bits per heavy atom. The lowest BCUT2D eigenvalue weighted by Crippen LogP contribution is -2.48. The van der Waals surface area contributed by atoms with E-state index in [-0.39, 0.29) is 24.4 Å². The Morgan fingerprint density at radius 1 is 1.20 bits per heavy atom. The summed E-state index contributed by atoms with van der Waals surface area (Å²) in [5, 5.41) is 4.25. The number of fused-ring (bicyclic) bond motifs is 2. The Balaban J connectivity index is 0.00000256. The molecule has 4 N–H and O–H groups in total. The molecule has 4 rings (SSSR count). The monoisotopic (exact) mass is 429 g/mol. The lowest BCUT2D eigenvalue weighted by atomic mass is 9.87. The molecule has 1 amide bonds. The van der Waals surface area contributed by atoms with Crippen molar-refractivity contribution in [1.29, 1.82) is 0 Å². The summed E-state index contributed by atoms with van der Waals surface area (Å²) in [5.41, 5.74) is 10.8. The third-order valence-corrected chi connectivity index (χ3v) is 5.73. The number of aryl methyl sites for hydroxylation is 1. The number of amides is 1. The van der Waals surface area contributed by atoms with Crippen molar-refractivity contribution in [1.82, 2.24) is 10.3 Å². The second-order valence-electron chi connectivity index (χ2n) is 7.59. The standard InChI is InChI=1S/C23H27N3O3.ClH/c1-28-21-11-14-7-8-17(9-15(14)12-22(21)29-2)26-23(27)19(24)10-16-13-25-20-6-4-3-5-18(16)20;/h3-6,11-13,17,19,25H,7-10,24H2,1-2H3,(H,26,27);1H. The first-order valence-electron chi connectivity index (χ1n) is 9.93. The average Bonchev–Trinajstić information content (AvgIpc) is 3.15. The number of hydrogen-bond acceptors (Lipinski definition) is 4. The summed E-state index contributed by atoms with van der Waals surface area (Å²) in [6.45, 7) is 0. The number of ether oxygens (including phenoxy) is 2. The van der Waals surface area contributed by atoms with Gasteiger partial charge in [-0.3, -0.25) is 4.79 Å². The van der Waals surface area contributed by atoms with Crippen LogP contribution in [0.5, 0.6) is 11.5 Å². The zero-order valence-corrected chi connectivity index (χ0v) is 18.1. The molecule has 6 nitrogen and oxygen atoms in total. The topological polar surface area (TPSA) is 89.4 Å². The van der Waals surface area contributed by atoms with Gasteiger partial charge in [-0.2, -0.15) is 0 Å². The predicted octanol–water partition coefficient (Wildman–Crippen LogP) is 3.15. The molecule has 1 heterocycles. The molecule has 0 bridgehead atoms. The van der Waals surface area contributed by atoms with E-state index in [1.54, 1.807) is 14.2 Å². The van der Waals surface area contributed by atoms with Gasteiger partial charge in [0.15, 0.2) is 11.5 Å². The van der Waals surface area contributed by atoms with Crippen LogP contribution in [-0.2, 0) is 24.1 Å². The zero-order chi connectivity index (χ0) is 20.4. The van der Waals surface area contributed by atoms with Gasteiger partial charge in [0.2, 0.25) is 5.91 Å². The molecule has 2 aromatic carbocycles. The van der Waals surface area contributed by atoms with Crippen LogP contribution in [0.4, 0.5) is 0 Å². The van der Waals surface area contributed by atoms with Crippen LogP contribution in [-0.4, -0.2) is 37.2 Å². The number of H-pyrrole nitrogens is 1. The molecule has 0 fully saturated rings. The summed E-state index contributed by atoms with van der Waals surface area (Å²) < 4.78 is 10.8. The Labute approximate surface area is 182 Å². The number of para-hydroxylation sites is 1. The minimum atomic E-state index is -0.582. The van der Waals surface area contributed by atoms with Gasteiger partial charge in [-0.1, -0.05) is 18.2 Å². The predicted molar refractivity (Wildman–Crippen MR) is 121 cm³/mol. The van der Waals surface area contributed by atoms with Gasteiger partial charge in [0.1, 0.15) is 0 Å². The number of halogens is 1. The van der Waals surface area contributed by atoms with Crippen molar-refractivity contribution in [2.75, 3.05) is 14.2 Å². The van der Waals surface area contributed by atoms with Crippen LogP contribution in [0.2, 0.25) is 0 Å². The normalized spacial score (nSPS) is 16.3. The van der Waals surface area contributed by atoms with Gasteiger partial charge < -0.3 is 25.5 Å². The highest BCUT2D eigenvalue weighted by molar-refractivity contribution is 5.86. The van der Waals surface area contributed by atoms with Crippen molar-refractivity contribution < 1.29 is 14.3 Å². The van der Waals surface area contributed by atoms with Crippen LogP contribution >= 0.6 is 12.4 Å². The van der Waals surface area contributed by atoms with E-state index in [9.17, 15) is 4.79 Å². The van der Waals surface area contributed by atoms with Crippen molar-refractivity contribution >= 4 is 29.2 Å². The number of carbonyl (C=O) groups is 1. The van der Waals surface area contributed by atoms with Crippen molar-refractivity contribution in [2.24, 2.45) is 5.73 Å². The smallest absolute Gasteiger partial charge is 0.237 e. The van der Waals surface area contributed by atoms with Gasteiger partial charge in [0.05, 0.1) is 20.3 Å². The van der Waals surface area contributed by atoms with Gasteiger partial charge in [-0.05, 0) is 60.6 Å². The molecule has 1 aliphatic rings. The molecule has 2 atom stereocenters. The Morgan fingerprint density at radius 2 is 1.90 bits per heavy atom. The van der Waals surface area contributed by atoms with Crippen molar-refractivity contribution in [3.63, 3.8) is 0 Å². The maximum absolute atomic E-state index is 12.7. The summed E-state index contributed by atoms with van der Waals surface area (Å²) in [4.78, 5) is 16.0. The second-order valence-corrected chi connectivity index (χ2v) is 7.59. The van der Waals surface area contributed by atoms with Gasteiger partial charge >= 0.3 is 0 Å². The summed E-state index contributed by atoms with van der Waals surface area (Å²) in [6, 6.07) is 11.6. The van der Waals surface area contributed by atoms with E-state index in [0.29, 0.717) is 12.2 Å². The van der Waals surface area contributed by atoms with Crippen LogP contribution in [0.25, 0.3) is 10.9 Å². The minimum Gasteiger partial charge on any atom is -0.493 e. The Hall–Kier alpha value is -2.70. The van der Waals surface area contributed by atoms with Crippen molar-refractivity contribution in [3.8, 4) is 11.5 Å². The highest BCUT2D eigenvalue weighted by atomic mass is 35.5. The number of hydrogen-bond donors (Lipinski definition) is 3. The molecule has 2 unspecified atom stereocenters. The van der Waals surface area contributed by atoms with Crippen LogP contribution in [0.1, 0.15) is 23.1 Å². The van der Waals surface area contributed by atoms with E-state index in [0.717, 1.165) is 41.5 Å². The molecular formula is C23H28ClN3O3. The third-order valence-electron chi connectivity index (χ3n) is 5.73. The van der Waals surface area contributed by atoms with Crippen molar-refractivity contribution in [3.05, 3.63) is 59.3 Å². The SMILES string of the molecule is COc1cc2c(cc1OC)CC(NC(=O)C(N)Cc1c[nH]c3ccccc13)CC2.Cl. The molecule has 1 aliphatic carbocycles. The number of aromatic nitrogens is 1. The summed E-state index contributed by atoms with van der Waals surface area (Å²) in [7, 11) is 3.28. The molecule has 3 aromatic rings. The quantitative estimate of drug-likeness (QED) is 0.561. The maximum atomic E-state index is 12.7. The minimum absolute atomic E-state index is 0. The van der Waals surface area contributed by atoms with Crippen LogP contribution in [0.3, 0.4) is 0 Å². The third kappa shape index (κ3) is 4.40. The first kappa shape index (κ1) is 22.0. The molecule has 160 valence electrons. The fourth-order valence-electron chi connectivity index (χ4n) is 4.14. The largest absolute Gasteiger partial charge is 0.493 e. The van der Waals surface area contributed by atoms with Gasteiger partial charge in [0, 0.05) is 23.1 Å². The summed E-state index contributed by atoms with van der Waals surface area (Å²) in [6.07, 6.45) is 4.98. The molecule has 0 spiro atoms. The highest BCUT2D eigenvalue weighted by Crippen LogP contribution is 2.34. The fraction of sp³-hybridized carbons (Fsp3) is 0.348. The zero-order valence-electron chi connectivity index (χ0n) is 17.2. The van der Waals surface area contributed by atoms with Gasteiger partial charge in [0.25, 0.3) is 0 Å². The van der Waals surface area contributed by atoms with E-state index in [4.69, 9.17) is 15.2 Å². The Bertz CT molecular complexity index is 1030. The highest BCUT2D eigenvalue weighted by Gasteiger charge is 2.25. The van der Waals surface area contributed by atoms with Crippen LogP contribution in [0, 0.1) is 0 Å². The van der Waals surface area contributed by atoms with E-state index >= 15 is 0 Å². The van der Waals surface area contributed by atoms with E-state index in [1.165, 1.54) is 11.1 Å². The Kier molecular flexibility index (Phi) is 6.90. The first-order chi connectivity index (χ1) is 14.1. The van der Waals surface area contributed by atoms with Crippen LogP contribution < -0.4 is 20.5 Å². The van der Waals surface area contributed by atoms with E-state index in [2.05, 4.69) is 10.3 Å². The molecule has 1 aromatic heterocycles. The number of benzene rings is 2. The van der Waals surface area contributed by atoms with Crippen LogP contribution in [0.15, 0.2) is 42.6 Å². The number of carbonyl (C=O) groups excluding carboxylic acids is 1. The molecule has 7 heteroatoms. The number of aromatic amines is 1. The molecule has 30 heavy (non-hydrogen) atoms. The number of nitrogens with two attached hydrogens (primary N) is 1. The number of nitrogens with one attached hydrogen (secondary N) is 2. The molecular weight excluding hydrogens is 402 g/mol. The summed E-state index contributed by atoms with van der Waals surface area (Å²) >= 11 is 0. The van der Waals surface area contributed by atoms with Gasteiger partial charge in [-0.15, -0.1) is 12.4 Å². The lowest BCUT2D eigenvalue weighted by Gasteiger charge is -2.27. The fourth-order valence-corrected chi connectivity index (χ4v) is 4.14. The van der Waals surface area contributed by atoms with Crippen molar-refractivity contribution in [2.45, 2.75) is 37.8 Å².